The zero-order valence-electron chi connectivity index (χ0n) is 12.5. The van der Waals surface area contributed by atoms with Gasteiger partial charge in [-0.2, -0.15) is 0 Å². The zero-order chi connectivity index (χ0) is 14.7. The third kappa shape index (κ3) is 4.07. The summed E-state index contributed by atoms with van der Waals surface area (Å²) in [5.41, 5.74) is 1.09. The minimum Gasteiger partial charge on any atom is -0.480 e. The zero-order valence-corrected chi connectivity index (χ0v) is 12.5. The standard InChI is InChI=1S/C18H25NO2/c20-18(21)17(11-13-5-2-1-3-6-13)19-16-8-4-7-15(12-16)14-9-10-14/h1-3,5-6,14-17,19H,4,7-12H2,(H,20,21)/t15?,16?,17-/m0/s1. The van der Waals surface area contributed by atoms with Crippen molar-refractivity contribution >= 4 is 5.97 Å². The molecule has 3 atom stereocenters. The van der Waals surface area contributed by atoms with Gasteiger partial charge < -0.3 is 10.4 Å². The minimum absolute atomic E-state index is 0.383. The van der Waals surface area contributed by atoms with Crippen LogP contribution in [-0.2, 0) is 11.2 Å². The van der Waals surface area contributed by atoms with Gasteiger partial charge in [0.15, 0.2) is 0 Å². The first kappa shape index (κ1) is 14.6. The van der Waals surface area contributed by atoms with Gasteiger partial charge in [-0.3, -0.25) is 4.79 Å². The first-order valence-electron chi connectivity index (χ1n) is 8.25. The average Bonchev–Trinajstić information content (AvgIpc) is 3.32. The van der Waals surface area contributed by atoms with E-state index in [1.165, 1.54) is 32.1 Å². The number of hydrogen-bond acceptors (Lipinski definition) is 2. The van der Waals surface area contributed by atoms with Gasteiger partial charge in [-0.15, -0.1) is 0 Å². The van der Waals surface area contributed by atoms with Crippen molar-refractivity contribution in [1.29, 1.82) is 0 Å². The summed E-state index contributed by atoms with van der Waals surface area (Å²) >= 11 is 0. The maximum Gasteiger partial charge on any atom is 0.321 e. The summed E-state index contributed by atoms with van der Waals surface area (Å²) in [6, 6.07) is 9.84. The molecule has 0 aliphatic heterocycles. The Bertz CT molecular complexity index is 469. The van der Waals surface area contributed by atoms with Gasteiger partial charge in [0.25, 0.3) is 0 Å². The summed E-state index contributed by atoms with van der Waals surface area (Å²) in [4.78, 5) is 11.5. The Hall–Kier alpha value is -1.35. The fourth-order valence-electron chi connectivity index (χ4n) is 3.73. The van der Waals surface area contributed by atoms with Crippen molar-refractivity contribution < 1.29 is 9.90 Å². The van der Waals surface area contributed by atoms with Gasteiger partial charge in [0.1, 0.15) is 6.04 Å². The minimum atomic E-state index is -0.729. The Labute approximate surface area is 126 Å². The van der Waals surface area contributed by atoms with Crippen LogP contribution in [0.5, 0.6) is 0 Å². The number of carboxylic acid groups (broad SMARTS) is 1. The Balaban J connectivity index is 1.58. The van der Waals surface area contributed by atoms with E-state index in [4.69, 9.17) is 0 Å². The molecule has 0 saturated heterocycles. The van der Waals surface area contributed by atoms with Crippen LogP contribution in [0.15, 0.2) is 30.3 Å². The second kappa shape index (κ2) is 6.61. The van der Waals surface area contributed by atoms with Crippen LogP contribution in [0.2, 0.25) is 0 Å². The van der Waals surface area contributed by atoms with Crippen LogP contribution in [-0.4, -0.2) is 23.2 Å². The number of aliphatic carboxylic acids is 1. The van der Waals surface area contributed by atoms with Crippen molar-refractivity contribution in [2.24, 2.45) is 11.8 Å². The van der Waals surface area contributed by atoms with Crippen molar-refractivity contribution in [2.75, 3.05) is 0 Å². The second-order valence-electron chi connectivity index (χ2n) is 6.71. The number of benzene rings is 1. The molecule has 2 aliphatic rings. The predicted molar refractivity (Wildman–Crippen MR) is 83.2 cm³/mol. The molecule has 0 aromatic heterocycles. The maximum absolute atomic E-state index is 11.5. The fourth-order valence-corrected chi connectivity index (χ4v) is 3.73. The maximum atomic E-state index is 11.5. The SMILES string of the molecule is O=C(O)[C@H](Cc1ccccc1)NC1CCCC(C2CC2)C1. The lowest BCUT2D eigenvalue weighted by Gasteiger charge is -2.32. The van der Waals surface area contributed by atoms with E-state index < -0.39 is 12.0 Å². The highest BCUT2D eigenvalue weighted by atomic mass is 16.4. The molecule has 2 aliphatic carbocycles. The van der Waals surface area contributed by atoms with Crippen molar-refractivity contribution in [3.63, 3.8) is 0 Å². The van der Waals surface area contributed by atoms with E-state index >= 15 is 0 Å². The smallest absolute Gasteiger partial charge is 0.321 e. The average molecular weight is 287 g/mol. The van der Waals surface area contributed by atoms with Crippen LogP contribution in [0, 0.1) is 11.8 Å². The van der Waals surface area contributed by atoms with Crippen LogP contribution in [0.3, 0.4) is 0 Å². The van der Waals surface area contributed by atoms with Crippen LogP contribution >= 0.6 is 0 Å². The molecule has 3 nitrogen and oxygen atoms in total. The molecule has 2 saturated carbocycles. The van der Waals surface area contributed by atoms with Gasteiger partial charge in [0.05, 0.1) is 0 Å². The van der Waals surface area contributed by atoms with Crippen LogP contribution in [0.25, 0.3) is 0 Å². The van der Waals surface area contributed by atoms with E-state index in [2.05, 4.69) is 5.32 Å². The monoisotopic (exact) mass is 287 g/mol. The molecule has 2 unspecified atom stereocenters. The van der Waals surface area contributed by atoms with Gasteiger partial charge in [-0.1, -0.05) is 43.2 Å². The van der Waals surface area contributed by atoms with Gasteiger partial charge in [0, 0.05) is 6.04 Å². The van der Waals surface area contributed by atoms with Gasteiger partial charge in [-0.25, -0.2) is 0 Å². The molecule has 2 N–H and O–H groups in total. The lowest BCUT2D eigenvalue weighted by Crippen LogP contribution is -2.46. The topological polar surface area (TPSA) is 49.3 Å². The molecule has 3 rings (SSSR count). The summed E-state index contributed by atoms with van der Waals surface area (Å²) in [6.07, 6.45) is 8.25. The Morgan fingerprint density at radius 1 is 1.14 bits per heavy atom. The molecule has 2 fully saturated rings. The molecule has 0 amide bonds. The van der Waals surface area contributed by atoms with E-state index in [0.717, 1.165) is 23.8 Å². The highest BCUT2D eigenvalue weighted by Gasteiger charge is 2.35. The van der Waals surface area contributed by atoms with Gasteiger partial charge >= 0.3 is 5.97 Å². The molecule has 0 bridgehead atoms. The fraction of sp³-hybridized carbons (Fsp3) is 0.611. The van der Waals surface area contributed by atoms with Crippen molar-refractivity contribution in [1.82, 2.24) is 5.32 Å². The molecule has 0 heterocycles. The van der Waals surface area contributed by atoms with Gasteiger partial charge in [0.2, 0.25) is 0 Å². The third-order valence-electron chi connectivity index (χ3n) is 5.02. The molecule has 0 spiro atoms. The summed E-state index contributed by atoms with van der Waals surface area (Å²) in [6.45, 7) is 0. The predicted octanol–water partition coefficient (Wildman–Crippen LogP) is 3.24. The molecular weight excluding hydrogens is 262 g/mol. The molecule has 1 aromatic rings. The highest BCUT2D eigenvalue weighted by molar-refractivity contribution is 5.74. The number of carboxylic acids is 1. The van der Waals surface area contributed by atoms with E-state index in [1.807, 2.05) is 30.3 Å². The van der Waals surface area contributed by atoms with Crippen LogP contribution in [0.4, 0.5) is 0 Å². The number of hydrogen-bond donors (Lipinski definition) is 2. The lowest BCUT2D eigenvalue weighted by molar-refractivity contribution is -0.139. The van der Waals surface area contributed by atoms with Gasteiger partial charge in [-0.05, 0) is 49.5 Å². The summed E-state index contributed by atoms with van der Waals surface area (Å²) in [5, 5.41) is 12.9. The summed E-state index contributed by atoms with van der Waals surface area (Å²) in [7, 11) is 0. The van der Waals surface area contributed by atoms with E-state index in [9.17, 15) is 9.90 Å². The lowest BCUT2D eigenvalue weighted by atomic mass is 9.82. The summed E-state index contributed by atoms with van der Waals surface area (Å²) < 4.78 is 0. The second-order valence-corrected chi connectivity index (χ2v) is 6.71. The molecule has 1 aromatic carbocycles. The quantitative estimate of drug-likeness (QED) is 0.844. The Kier molecular flexibility index (Phi) is 4.59. The number of rotatable bonds is 6. The normalized spacial score (nSPS) is 27.2. The molecule has 21 heavy (non-hydrogen) atoms. The Morgan fingerprint density at radius 3 is 2.57 bits per heavy atom. The largest absolute Gasteiger partial charge is 0.480 e. The first-order chi connectivity index (χ1) is 10.2. The first-order valence-corrected chi connectivity index (χ1v) is 8.25. The molecular formula is C18H25NO2. The molecule has 3 heteroatoms. The Morgan fingerprint density at radius 2 is 1.90 bits per heavy atom. The van der Waals surface area contributed by atoms with E-state index in [1.54, 1.807) is 0 Å². The number of nitrogens with one attached hydrogen (secondary N) is 1. The summed E-state index contributed by atoms with van der Waals surface area (Å²) in [5.74, 6) is 1.04. The molecule has 114 valence electrons. The van der Waals surface area contributed by atoms with Crippen LogP contribution < -0.4 is 5.32 Å². The van der Waals surface area contributed by atoms with Crippen molar-refractivity contribution in [3.8, 4) is 0 Å². The van der Waals surface area contributed by atoms with Crippen molar-refractivity contribution in [2.45, 2.75) is 57.0 Å². The van der Waals surface area contributed by atoms with E-state index in [0.29, 0.717) is 12.5 Å². The van der Waals surface area contributed by atoms with Crippen LogP contribution in [0.1, 0.15) is 44.1 Å². The third-order valence-corrected chi connectivity index (χ3v) is 5.02. The molecule has 0 radical (unpaired) electrons. The van der Waals surface area contributed by atoms with Crippen molar-refractivity contribution in [3.05, 3.63) is 35.9 Å². The number of carbonyl (C=O) groups is 1. The van der Waals surface area contributed by atoms with E-state index in [-0.39, 0.29) is 0 Å². The highest BCUT2D eigenvalue weighted by Crippen LogP contribution is 2.43.